The van der Waals surface area contributed by atoms with E-state index in [2.05, 4.69) is 5.32 Å². The average molecular weight is 441 g/mol. The zero-order valence-electron chi connectivity index (χ0n) is 19.4. The smallest absolute Gasteiger partial charge is 0.329 e. The third-order valence-corrected chi connectivity index (χ3v) is 4.91. The molecule has 0 aliphatic heterocycles. The molecule has 7 heteroatoms. The van der Waals surface area contributed by atoms with Crippen molar-refractivity contribution in [1.82, 2.24) is 10.2 Å². The summed E-state index contributed by atoms with van der Waals surface area (Å²) >= 11 is 0. The van der Waals surface area contributed by atoms with Crippen LogP contribution in [0.4, 0.5) is 0 Å². The largest absolute Gasteiger partial charge is 0.494 e. The van der Waals surface area contributed by atoms with Crippen LogP contribution in [0.25, 0.3) is 0 Å². The number of carbonyl (C=O) groups excluding carboxylic acids is 3. The zero-order chi connectivity index (χ0) is 23.7. The van der Waals surface area contributed by atoms with Crippen LogP contribution in [0.2, 0.25) is 0 Å². The predicted molar refractivity (Wildman–Crippen MR) is 122 cm³/mol. The molecule has 32 heavy (non-hydrogen) atoms. The maximum Gasteiger partial charge on any atom is 0.329 e. The minimum absolute atomic E-state index is 0.201. The minimum Gasteiger partial charge on any atom is -0.494 e. The molecule has 0 spiro atoms. The fraction of sp³-hybridized carbons (Fsp3) is 0.400. The van der Waals surface area contributed by atoms with Crippen LogP contribution in [0, 0.1) is 12.8 Å². The monoisotopic (exact) mass is 440 g/mol. The second kappa shape index (κ2) is 11.9. The first-order valence-corrected chi connectivity index (χ1v) is 10.7. The van der Waals surface area contributed by atoms with E-state index in [1.165, 1.54) is 4.90 Å². The Morgan fingerprint density at radius 3 is 2.34 bits per heavy atom. The zero-order valence-corrected chi connectivity index (χ0v) is 19.4. The van der Waals surface area contributed by atoms with Gasteiger partial charge in [0.05, 0.1) is 6.61 Å². The topological polar surface area (TPSA) is 84.9 Å². The van der Waals surface area contributed by atoms with Crippen molar-refractivity contribution in [2.24, 2.45) is 5.92 Å². The van der Waals surface area contributed by atoms with Crippen molar-refractivity contribution in [2.75, 3.05) is 20.3 Å². The summed E-state index contributed by atoms with van der Waals surface area (Å²) in [6, 6.07) is 13.7. The van der Waals surface area contributed by atoms with Crippen molar-refractivity contribution in [3.05, 3.63) is 65.2 Å². The summed E-state index contributed by atoms with van der Waals surface area (Å²) in [5, 5.41) is 2.72. The fourth-order valence-corrected chi connectivity index (χ4v) is 3.06. The van der Waals surface area contributed by atoms with Gasteiger partial charge in [0, 0.05) is 19.2 Å². The number of nitrogens with one attached hydrogen (secondary N) is 1. The maximum absolute atomic E-state index is 12.6. The Morgan fingerprint density at radius 2 is 1.75 bits per heavy atom. The number of aryl methyl sites for hydroxylation is 1. The lowest BCUT2D eigenvalue weighted by molar-refractivity contribution is -0.154. The van der Waals surface area contributed by atoms with Crippen molar-refractivity contribution in [1.29, 1.82) is 0 Å². The molecule has 0 aromatic heterocycles. The summed E-state index contributed by atoms with van der Waals surface area (Å²) in [5.74, 6) is -0.758. The first kappa shape index (κ1) is 24.9. The van der Waals surface area contributed by atoms with Gasteiger partial charge in [0.1, 0.15) is 11.8 Å². The number of nitrogens with zero attached hydrogens (tertiary/aromatic N) is 1. The SMILES string of the molecule is CCOc1ccc(CN(C)C(=O)COC(=O)C(NC(=O)c2cccc(C)c2)C(C)C)cc1. The Balaban J connectivity index is 1.89. The lowest BCUT2D eigenvalue weighted by atomic mass is 10.0. The summed E-state index contributed by atoms with van der Waals surface area (Å²) in [6.07, 6.45) is 0. The van der Waals surface area contributed by atoms with Gasteiger partial charge in [0.2, 0.25) is 0 Å². The molecule has 2 aromatic rings. The van der Waals surface area contributed by atoms with Gasteiger partial charge in [0.15, 0.2) is 6.61 Å². The second-order valence-electron chi connectivity index (χ2n) is 8.00. The van der Waals surface area contributed by atoms with Gasteiger partial charge in [-0.3, -0.25) is 9.59 Å². The molecule has 0 aliphatic carbocycles. The van der Waals surface area contributed by atoms with E-state index in [1.54, 1.807) is 25.2 Å². The van der Waals surface area contributed by atoms with E-state index in [0.29, 0.717) is 18.7 Å². The van der Waals surface area contributed by atoms with Crippen LogP contribution in [0.1, 0.15) is 42.3 Å². The number of ether oxygens (including phenoxy) is 2. The van der Waals surface area contributed by atoms with E-state index >= 15 is 0 Å². The highest BCUT2D eigenvalue weighted by atomic mass is 16.5. The molecule has 2 aromatic carbocycles. The molecular weight excluding hydrogens is 408 g/mol. The molecule has 2 amide bonds. The van der Waals surface area contributed by atoms with Crippen molar-refractivity contribution in [2.45, 2.75) is 40.3 Å². The van der Waals surface area contributed by atoms with Crippen LogP contribution in [0.5, 0.6) is 5.75 Å². The van der Waals surface area contributed by atoms with E-state index in [-0.39, 0.29) is 17.7 Å². The van der Waals surface area contributed by atoms with Crippen molar-refractivity contribution < 1.29 is 23.9 Å². The van der Waals surface area contributed by atoms with Crippen LogP contribution < -0.4 is 10.1 Å². The molecule has 1 unspecified atom stereocenters. The van der Waals surface area contributed by atoms with Gasteiger partial charge < -0.3 is 19.7 Å². The van der Waals surface area contributed by atoms with E-state index < -0.39 is 18.6 Å². The van der Waals surface area contributed by atoms with Gasteiger partial charge in [0.25, 0.3) is 11.8 Å². The number of benzene rings is 2. The molecule has 1 N–H and O–H groups in total. The second-order valence-corrected chi connectivity index (χ2v) is 8.00. The summed E-state index contributed by atoms with van der Waals surface area (Å²) in [4.78, 5) is 39.0. The lowest BCUT2D eigenvalue weighted by Gasteiger charge is -2.22. The van der Waals surface area contributed by atoms with Crippen molar-refractivity contribution in [3.63, 3.8) is 0 Å². The third kappa shape index (κ3) is 7.41. The van der Waals surface area contributed by atoms with Gasteiger partial charge in [-0.05, 0) is 49.6 Å². The molecule has 0 aliphatic rings. The Morgan fingerprint density at radius 1 is 1.06 bits per heavy atom. The van der Waals surface area contributed by atoms with Crippen LogP contribution >= 0.6 is 0 Å². The molecule has 172 valence electrons. The summed E-state index contributed by atoms with van der Waals surface area (Å²) in [5.41, 5.74) is 2.35. The normalized spacial score (nSPS) is 11.6. The Bertz CT molecular complexity index is 924. The number of likely N-dealkylation sites (N-methyl/N-ethyl adjacent to an activating group) is 1. The van der Waals surface area contributed by atoms with Crippen LogP contribution in [-0.4, -0.2) is 49.0 Å². The first-order chi connectivity index (χ1) is 15.2. The lowest BCUT2D eigenvalue weighted by Crippen LogP contribution is -2.46. The average Bonchev–Trinajstić information content (AvgIpc) is 2.76. The standard InChI is InChI=1S/C25H32N2O5/c1-6-31-21-12-10-19(11-13-21)15-27(5)22(28)16-32-25(30)23(17(2)3)26-24(29)20-9-7-8-18(4)14-20/h7-14,17,23H,6,15-16H2,1-5H3,(H,26,29). The number of hydrogen-bond acceptors (Lipinski definition) is 5. The van der Waals surface area contributed by atoms with Crippen molar-refractivity contribution in [3.8, 4) is 5.75 Å². The van der Waals surface area contributed by atoms with Gasteiger partial charge >= 0.3 is 5.97 Å². The molecule has 0 bridgehead atoms. The molecule has 0 saturated heterocycles. The quantitative estimate of drug-likeness (QED) is 0.573. The van der Waals surface area contributed by atoms with Crippen LogP contribution in [-0.2, 0) is 20.9 Å². The van der Waals surface area contributed by atoms with Crippen LogP contribution in [0.3, 0.4) is 0 Å². The molecule has 7 nitrogen and oxygen atoms in total. The summed E-state index contributed by atoms with van der Waals surface area (Å²) in [7, 11) is 1.64. The first-order valence-electron chi connectivity index (χ1n) is 10.7. The molecule has 2 rings (SSSR count). The molecule has 1 atom stereocenters. The number of carbonyl (C=O) groups is 3. The van der Waals surface area contributed by atoms with E-state index in [1.807, 2.05) is 58.0 Å². The number of hydrogen-bond donors (Lipinski definition) is 1. The molecule has 0 heterocycles. The Labute approximate surface area is 189 Å². The molecule has 0 fully saturated rings. The maximum atomic E-state index is 12.6. The number of esters is 1. The minimum atomic E-state index is -0.854. The Kier molecular flexibility index (Phi) is 9.25. The number of amides is 2. The van der Waals surface area contributed by atoms with Crippen LogP contribution in [0.15, 0.2) is 48.5 Å². The summed E-state index contributed by atoms with van der Waals surface area (Å²) < 4.78 is 10.6. The van der Waals surface area contributed by atoms with E-state index in [4.69, 9.17) is 9.47 Å². The third-order valence-electron chi connectivity index (χ3n) is 4.91. The Hall–Kier alpha value is -3.35. The fourth-order valence-electron chi connectivity index (χ4n) is 3.06. The highest BCUT2D eigenvalue weighted by molar-refractivity contribution is 5.97. The summed E-state index contributed by atoms with van der Waals surface area (Å²) in [6.45, 7) is 7.99. The molecular formula is C25H32N2O5. The van der Waals surface area contributed by atoms with E-state index in [0.717, 1.165) is 16.9 Å². The molecule has 0 radical (unpaired) electrons. The highest BCUT2D eigenvalue weighted by Crippen LogP contribution is 2.14. The van der Waals surface area contributed by atoms with Gasteiger partial charge in [-0.2, -0.15) is 0 Å². The predicted octanol–water partition coefficient (Wildman–Crippen LogP) is 3.35. The molecule has 0 saturated carbocycles. The highest BCUT2D eigenvalue weighted by Gasteiger charge is 2.27. The number of rotatable bonds is 10. The van der Waals surface area contributed by atoms with Gasteiger partial charge in [-0.15, -0.1) is 0 Å². The van der Waals surface area contributed by atoms with Gasteiger partial charge in [-0.25, -0.2) is 4.79 Å². The van der Waals surface area contributed by atoms with Gasteiger partial charge in [-0.1, -0.05) is 43.7 Å². The van der Waals surface area contributed by atoms with Crippen molar-refractivity contribution >= 4 is 17.8 Å². The van der Waals surface area contributed by atoms with E-state index in [9.17, 15) is 14.4 Å².